The van der Waals surface area contributed by atoms with Crippen molar-refractivity contribution in [2.75, 3.05) is 25.5 Å². The fraction of sp³-hybridized carbons (Fsp3) is 0.438. The van der Waals surface area contributed by atoms with Crippen LogP contribution in [-0.2, 0) is 7.05 Å². The Hall–Kier alpha value is -2.37. The average Bonchev–Trinajstić information content (AvgIpc) is 3.15. The molecular formula is C16H21N5O. The largest absolute Gasteiger partial charge is 0.363 e. The van der Waals surface area contributed by atoms with Crippen molar-refractivity contribution in [3.05, 3.63) is 41.9 Å². The van der Waals surface area contributed by atoms with Gasteiger partial charge in [0.05, 0.1) is 6.04 Å². The van der Waals surface area contributed by atoms with Gasteiger partial charge in [0, 0.05) is 40.1 Å². The second-order valence-corrected chi connectivity index (χ2v) is 5.84. The van der Waals surface area contributed by atoms with Gasteiger partial charge in [0.1, 0.15) is 11.5 Å². The molecule has 0 spiro atoms. The molecule has 116 valence electrons. The summed E-state index contributed by atoms with van der Waals surface area (Å²) in [6, 6.07) is 5.96. The number of anilines is 1. The van der Waals surface area contributed by atoms with Crippen LogP contribution in [0.5, 0.6) is 0 Å². The number of aromatic nitrogens is 3. The third-order valence-electron chi connectivity index (χ3n) is 4.17. The number of hydrogen-bond donors (Lipinski definition) is 0. The molecule has 22 heavy (non-hydrogen) atoms. The van der Waals surface area contributed by atoms with Crippen molar-refractivity contribution in [1.82, 2.24) is 19.7 Å². The second-order valence-electron chi connectivity index (χ2n) is 5.84. The van der Waals surface area contributed by atoms with Crippen molar-refractivity contribution >= 4 is 11.7 Å². The molecule has 1 atom stereocenters. The Morgan fingerprint density at radius 1 is 1.32 bits per heavy atom. The van der Waals surface area contributed by atoms with Gasteiger partial charge >= 0.3 is 0 Å². The summed E-state index contributed by atoms with van der Waals surface area (Å²) in [4.78, 5) is 21.1. The monoisotopic (exact) mass is 299 g/mol. The molecule has 2 aromatic rings. The Morgan fingerprint density at radius 3 is 2.82 bits per heavy atom. The van der Waals surface area contributed by atoms with Gasteiger partial charge < -0.3 is 9.80 Å². The Balaban J connectivity index is 1.89. The number of amides is 1. The Bertz CT molecular complexity index is 679. The minimum absolute atomic E-state index is 0.0470. The molecule has 3 heterocycles. The summed E-state index contributed by atoms with van der Waals surface area (Å²) in [5.74, 6) is 0.961. The van der Waals surface area contributed by atoms with E-state index in [1.165, 1.54) is 0 Å². The molecule has 0 aromatic carbocycles. The molecule has 6 nitrogen and oxygen atoms in total. The Labute approximate surface area is 130 Å². The number of aryl methyl sites for hydroxylation is 1. The number of pyridine rings is 1. The zero-order valence-electron chi connectivity index (χ0n) is 13.2. The zero-order chi connectivity index (χ0) is 15.7. The first-order chi connectivity index (χ1) is 10.6. The molecule has 3 rings (SSSR count). The number of nitrogens with zero attached hydrogens (tertiary/aromatic N) is 5. The van der Waals surface area contributed by atoms with Crippen molar-refractivity contribution < 1.29 is 4.79 Å². The number of likely N-dealkylation sites (tertiary alicyclic amines) is 1. The summed E-state index contributed by atoms with van der Waals surface area (Å²) in [5.41, 5.74) is 1.78. The van der Waals surface area contributed by atoms with Crippen molar-refractivity contribution in [2.45, 2.75) is 18.9 Å². The first-order valence-electron chi connectivity index (χ1n) is 7.50. The van der Waals surface area contributed by atoms with Crippen molar-refractivity contribution in [3.8, 4) is 0 Å². The molecule has 1 amide bonds. The van der Waals surface area contributed by atoms with Crippen LogP contribution in [0.25, 0.3) is 0 Å². The topological polar surface area (TPSA) is 54.3 Å². The fourth-order valence-electron chi connectivity index (χ4n) is 2.97. The van der Waals surface area contributed by atoms with Crippen molar-refractivity contribution in [1.29, 1.82) is 0 Å². The van der Waals surface area contributed by atoms with Crippen LogP contribution in [0, 0.1) is 0 Å². The maximum atomic E-state index is 12.8. The standard InChI is InChI=1S/C16H21N5O/c1-19(2)15-11-12(6-8-17-15)13-5-4-10-21(13)16(22)14-7-9-18-20(14)3/h6-9,11,13H,4-5,10H2,1-3H3. The molecule has 0 saturated carbocycles. The lowest BCUT2D eigenvalue weighted by Gasteiger charge is -2.25. The smallest absolute Gasteiger partial charge is 0.272 e. The molecule has 0 aliphatic carbocycles. The summed E-state index contributed by atoms with van der Waals surface area (Å²) < 4.78 is 1.63. The van der Waals surface area contributed by atoms with E-state index in [0.29, 0.717) is 5.69 Å². The van der Waals surface area contributed by atoms with Crippen LogP contribution < -0.4 is 4.90 Å². The Kier molecular flexibility index (Phi) is 3.83. The minimum Gasteiger partial charge on any atom is -0.363 e. The first-order valence-corrected chi connectivity index (χ1v) is 7.50. The van der Waals surface area contributed by atoms with Gasteiger partial charge in [-0.25, -0.2) is 4.98 Å². The minimum atomic E-state index is 0.0470. The lowest BCUT2D eigenvalue weighted by atomic mass is 10.1. The molecule has 1 aliphatic heterocycles. The highest BCUT2D eigenvalue weighted by Crippen LogP contribution is 2.33. The van der Waals surface area contributed by atoms with Crippen LogP contribution in [0.4, 0.5) is 5.82 Å². The number of carbonyl (C=O) groups is 1. The molecule has 1 saturated heterocycles. The van der Waals surface area contributed by atoms with Crippen LogP contribution in [-0.4, -0.2) is 46.2 Å². The average molecular weight is 299 g/mol. The summed E-state index contributed by atoms with van der Waals surface area (Å²) in [7, 11) is 5.74. The van der Waals surface area contributed by atoms with Gasteiger partial charge in [0.2, 0.25) is 0 Å². The van der Waals surface area contributed by atoms with Crippen LogP contribution in [0.3, 0.4) is 0 Å². The van der Waals surface area contributed by atoms with E-state index in [1.54, 1.807) is 24.0 Å². The maximum absolute atomic E-state index is 12.8. The Morgan fingerprint density at radius 2 is 2.14 bits per heavy atom. The van der Waals surface area contributed by atoms with Crippen molar-refractivity contribution in [3.63, 3.8) is 0 Å². The lowest BCUT2D eigenvalue weighted by molar-refractivity contribution is 0.0724. The van der Waals surface area contributed by atoms with Crippen LogP contribution >= 0.6 is 0 Å². The predicted octanol–water partition coefficient (Wildman–Crippen LogP) is 1.86. The van der Waals surface area contributed by atoms with Gasteiger partial charge in [-0.3, -0.25) is 9.48 Å². The fourth-order valence-corrected chi connectivity index (χ4v) is 2.97. The van der Waals surface area contributed by atoms with E-state index in [-0.39, 0.29) is 11.9 Å². The lowest BCUT2D eigenvalue weighted by Crippen LogP contribution is -2.32. The number of carbonyl (C=O) groups excluding carboxylic acids is 1. The summed E-state index contributed by atoms with van der Waals surface area (Å²) in [6.45, 7) is 0.786. The van der Waals surface area contributed by atoms with E-state index >= 15 is 0 Å². The van der Waals surface area contributed by atoms with Gasteiger partial charge in [-0.15, -0.1) is 0 Å². The van der Waals surface area contributed by atoms with Crippen LogP contribution in [0.2, 0.25) is 0 Å². The normalized spacial score (nSPS) is 17.8. The third-order valence-corrected chi connectivity index (χ3v) is 4.17. The zero-order valence-corrected chi connectivity index (χ0v) is 13.2. The van der Waals surface area contributed by atoms with E-state index in [9.17, 15) is 4.79 Å². The van der Waals surface area contributed by atoms with Crippen molar-refractivity contribution in [2.24, 2.45) is 7.05 Å². The molecule has 1 fully saturated rings. The summed E-state index contributed by atoms with van der Waals surface area (Å²) >= 11 is 0. The molecule has 0 radical (unpaired) electrons. The van der Waals surface area contributed by atoms with Gasteiger partial charge in [-0.05, 0) is 36.6 Å². The molecule has 1 unspecified atom stereocenters. The van der Waals surface area contributed by atoms with Crippen LogP contribution in [0.1, 0.15) is 34.9 Å². The maximum Gasteiger partial charge on any atom is 0.272 e. The molecule has 0 N–H and O–H groups in total. The van der Waals surface area contributed by atoms with E-state index in [4.69, 9.17) is 0 Å². The predicted molar refractivity (Wildman–Crippen MR) is 84.8 cm³/mol. The molecular weight excluding hydrogens is 278 g/mol. The van der Waals surface area contributed by atoms with Gasteiger partial charge in [-0.1, -0.05) is 0 Å². The highest BCUT2D eigenvalue weighted by Gasteiger charge is 2.32. The molecule has 6 heteroatoms. The molecule has 1 aliphatic rings. The third kappa shape index (κ3) is 2.56. The van der Waals surface area contributed by atoms with Crippen LogP contribution in [0.15, 0.2) is 30.6 Å². The van der Waals surface area contributed by atoms with Gasteiger partial charge in [0.15, 0.2) is 0 Å². The molecule has 2 aromatic heterocycles. The number of hydrogen-bond acceptors (Lipinski definition) is 4. The van der Waals surface area contributed by atoms with E-state index in [2.05, 4.69) is 16.1 Å². The van der Waals surface area contributed by atoms with E-state index in [0.717, 1.165) is 30.8 Å². The number of rotatable bonds is 3. The van der Waals surface area contributed by atoms with Gasteiger partial charge in [0.25, 0.3) is 5.91 Å². The van der Waals surface area contributed by atoms with Gasteiger partial charge in [-0.2, -0.15) is 5.10 Å². The molecule has 0 bridgehead atoms. The highest BCUT2D eigenvalue weighted by atomic mass is 16.2. The van der Waals surface area contributed by atoms with E-state index in [1.807, 2.05) is 36.2 Å². The second kappa shape index (κ2) is 5.79. The summed E-state index contributed by atoms with van der Waals surface area (Å²) in [5, 5.41) is 4.10. The SMILES string of the molecule is CN(C)c1cc(C2CCCN2C(=O)c2ccnn2C)ccn1. The van der Waals surface area contributed by atoms with E-state index < -0.39 is 0 Å². The first kappa shape index (κ1) is 14.6. The quantitative estimate of drug-likeness (QED) is 0.868. The summed E-state index contributed by atoms with van der Waals surface area (Å²) in [6.07, 6.45) is 5.49. The highest BCUT2D eigenvalue weighted by molar-refractivity contribution is 5.93.